The van der Waals surface area contributed by atoms with Gasteiger partial charge in [-0.05, 0) is 38.5 Å². The number of imidazole rings is 1. The maximum absolute atomic E-state index is 12.4. The van der Waals surface area contributed by atoms with E-state index in [0.29, 0.717) is 51.5 Å². The molecule has 0 aromatic carbocycles. The lowest BCUT2D eigenvalue weighted by Gasteiger charge is -2.16. The number of Topliss-reactive ketones (excluding diaryl/α,β-unsaturated/α-hetero) is 2. The van der Waals surface area contributed by atoms with E-state index in [-0.39, 0.29) is 89.0 Å². The summed E-state index contributed by atoms with van der Waals surface area (Å²) < 4.78 is 10.7. The topological polar surface area (TPSA) is 286 Å². The van der Waals surface area contributed by atoms with Crippen LogP contribution in [0.4, 0.5) is 0 Å². The average Bonchev–Trinajstić information content (AvgIpc) is 3.69. The molecule has 0 fully saturated rings. The number of hydrogen-bond donors (Lipinski definition) is 7. The van der Waals surface area contributed by atoms with Gasteiger partial charge in [-0.15, -0.1) is 0 Å². The van der Waals surface area contributed by atoms with Crippen molar-refractivity contribution in [1.29, 1.82) is 0 Å². The van der Waals surface area contributed by atoms with E-state index in [9.17, 15) is 48.6 Å². The molecule has 3 atom stereocenters. The molecule has 1 aromatic rings. The Kier molecular flexibility index (Phi) is 27.7. The van der Waals surface area contributed by atoms with Crippen molar-refractivity contribution in [3.05, 3.63) is 18.2 Å². The fraction of sp³-hybridized carbons (Fsp3) is 0.718. The SMILES string of the molecule is CCCCCCCCC(=O)CC(CCC(=O)N[C@@H](CCC(=O)NCCOCCOCC(=O)NCCCC[C@H](CC(=O)CCc1cnc[nH]1)C(N)=O)C(=O)O)C(=O)O. The van der Waals surface area contributed by atoms with Crippen molar-refractivity contribution in [1.82, 2.24) is 25.9 Å². The number of nitrogens with two attached hydrogens (primary N) is 1. The van der Waals surface area contributed by atoms with Gasteiger partial charge in [0.2, 0.25) is 23.6 Å². The number of nitrogens with one attached hydrogen (secondary N) is 4. The number of rotatable bonds is 37. The first-order chi connectivity index (χ1) is 27.3. The Bertz CT molecular complexity index is 1370. The Morgan fingerprint density at radius 1 is 0.702 bits per heavy atom. The monoisotopic (exact) mass is 808 g/mol. The van der Waals surface area contributed by atoms with Gasteiger partial charge in [0.05, 0.1) is 32.1 Å². The van der Waals surface area contributed by atoms with Crippen molar-refractivity contribution in [3.8, 4) is 0 Å². The zero-order valence-electron chi connectivity index (χ0n) is 33.4. The van der Waals surface area contributed by atoms with Crippen LogP contribution in [-0.2, 0) is 54.3 Å². The van der Waals surface area contributed by atoms with Crippen LogP contribution in [0.3, 0.4) is 0 Å². The number of hydrogen-bond acceptors (Lipinski definition) is 11. The van der Waals surface area contributed by atoms with E-state index in [0.717, 1.165) is 37.8 Å². The first-order valence-electron chi connectivity index (χ1n) is 20.1. The number of aliphatic carboxylic acids is 2. The fourth-order valence-corrected chi connectivity index (χ4v) is 5.84. The van der Waals surface area contributed by atoms with E-state index in [1.807, 2.05) is 0 Å². The van der Waals surface area contributed by atoms with Crippen LogP contribution >= 0.6 is 0 Å². The van der Waals surface area contributed by atoms with Crippen LogP contribution in [0, 0.1) is 11.8 Å². The third kappa shape index (κ3) is 26.7. The molecule has 0 saturated heterocycles. The Labute approximate surface area is 334 Å². The van der Waals surface area contributed by atoms with Gasteiger partial charge in [-0.25, -0.2) is 9.78 Å². The number of H-pyrrole nitrogens is 1. The lowest BCUT2D eigenvalue weighted by molar-refractivity contribution is -0.145. The van der Waals surface area contributed by atoms with Gasteiger partial charge >= 0.3 is 11.9 Å². The van der Waals surface area contributed by atoms with Crippen molar-refractivity contribution in [3.63, 3.8) is 0 Å². The lowest BCUT2D eigenvalue weighted by Crippen LogP contribution is -2.42. The largest absolute Gasteiger partial charge is 0.481 e. The van der Waals surface area contributed by atoms with Gasteiger partial charge < -0.3 is 46.4 Å². The minimum atomic E-state index is -1.35. The number of carboxylic acid groups (broad SMARTS) is 2. The van der Waals surface area contributed by atoms with Crippen molar-refractivity contribution in [2.24, 2.45) is 17.6 Å². The molecule has 1 rings (SSSR count). The minimum absolute atomic E-state index is 0.0497. The van der Waals surface area contributed by atoms with Gasteiger partial charge in [0.15, 0.2) is 0 Å². The van der Waals surface area contributed by atoms with Crippen LogP contribution < -0.4 is 21.7 Å². The number of unbranched alkanes of at least 4 members (excludes halogenated alkanes) is 6. The number of aromatic amines is 1. The molecular formula is C39H64N6O12. The third-order valence-corrected chi connectivity index (χ3v) is 9.23. The second kappa shape index (κ2) is 31.4. The smallest absolute Gasteiger partial charge is 0.326 e. The first kappa shape index (κ1) is 50.3. The summed E-state index contributed by atoms with van der Waals surface area (Å²) in [6.07, 6.45) is 11.0. The summed E-state index contributed by atoms with van der Waals surface area (Å²) in [5.74, 6) is -6.33. The van der Waals surface area contributed by atoms with E-state index in [4.69, 9.17) is 15.2 Å². The molecule has 0 bridgehead atoms. The molecule has 322 valence electrons. The predicted molar refractivity (Wildman–Crippen MR) is 208 cm³/mol. The summed E-state index contributed by atoms with van der Waals surface area (Å²) in [6, 6.07) is -1.35. The summed E-state index contributed by atoms with van der Waals surface area (Å²) in [4.78, 5) is 103. The molecule has 8 N–H and O–H groups in total. The van der Waals surface area contributed by atoms with Crippen LogP contribution in [0.15, 0.2) is 12.5 Å². The van der Waals surface area contributed by atoms with Crippen LogP contribution in [0.1, 0.15) is 122 Å². The van der Waals surface area contributed by atoms with E-state index >= 15 is 0 Å². The van der Waals surface area contributed by atoms with Crippen LogP contribution in [0.2, 0.25) is 0 Å². The summed E-state index contributed by atoms with van der Waals surface area (Å²) >= 11 is 0. The van der Waals surface area contributed by atoms with Gasteiger partial charge in [0.1, 0.15) is 24.2 Å². The molecule has 0 aliphatic rings. The van der Waals surface area contributed by atoms with Gasteiger partial charge in [-0.3, -0.25) is 33.6 Å². The van der Waals surface area contributed by atoms with Gasteiger partial charge in [-0.2, -0.15) is 0 Å². The molecule has 0 aliphatic heterocycles. The van der Waals surface area contributed by atoms with Crippen molar-refractivity contribution in [2.75, 3.05) is 39.5 Å². The number of aryl methyl sites for hydroxylation is 1. The summed E-state index contributed by atoms with van der Waals surface area (Å²) in [7, 11) is 0. The molecule has 57 heavy (non-hydrogen) atoms. The number of carbonyl (C=O) groups is 8. The number of nitrogens with zero attached hydrogens (tertiary/aromatic N) is 1. The van der Waals surface area contributed by atoms with Gasteiger partial charge in [0, 0.05) is 69.4 Å². The number of amides is 4. The molecule has 1 aromatic heterocycles. The van der Waals surface area contributed by atoms with Crippen LogP contribution in [0.5, 0.6) is 0 Å². The van der Waals surface area contributed by atoms with E-state index in [1.165, 1.54) is 6.33 Å². The van der Waals surface area contributed by atoms with Crippen molar-refractivity contribution >= 4 is 47.1 Å². The molecule has 0 radical (unpaired) electrons. The number of carboxylic acids is 2. The standard InChI is InChI=1S/C39H64N6O12/c1-2-3-4-5-6-7-11-31(46)24-29(38(52)53)12-16-35(49)45-33(39(54)55)15-17-34(48)43-19-20-56-21-22-57-26-36(50)42-18-9-8-10-28(37(40)51)23-32(47)14-13-30-25-41-27-44-30/h25,27-29,33H,2-24,26H2,1H3,(H2,40,51)(H,41,44)(H,42,50)(H,43,48)(H,45,49)(H,52,53)(H,54,55)/t28-,29?,33+/m1/s1. The highest BCUT2D eigenvalue weighted by molar-refractivity contribution is 5.87. The molecule has 1 unspecified atom stereocenters. The Balaban J connectivity index is 2.14. The second-order valence-corrected chi connectivity index (χ2v) is 14.1. The molecule has 18 heteroatoms. The fourth-order valence-electron chi connectivity index (χ4n) is 5.84. The Morgan fingerprint density at radius 3 is 2.05 bits per heavy atom. The van der Waals surface area contributed by atoms with Crippen molar-refractivity contribution in [2.45, 2.75) is 129 Å². The van der Waals surface area contributed by atoms with E-state index in [2.05, 4.69) is 32.8 Å². The number of primary amides is 1. The minimum Gasteiger partial charge on any atom is -0.481 e. The molecule has 4 amide bonds. The summed E-state index contributed by atoms with van der Waals surface area (Å²) in [5, 5.41) is 26.7. The van der Waals surface area contributed by atoms with Crippen LogP contribution in [0.25, 0.3) is 0 Å². The first-order valence-corrected chi connectivity index (χ1v) is 20.1. The third-order valence-electron chi connectivity index (χ3n) is 9.23. The highest BCUT2D eigenvalue weighted by Crippen LogP contribution is 2.17. The maximum Gasteiger partial charge on any atom is 0.326 e. The van der Waals surface area contributed by atoms with Crippen molar-refractivity contribution < 1.29 is 58.0 Å². The number of ketones is 2. The van der Waals surface area contributed by atoms with Crippen LogP contribution in [-0.4, -0.2) is 113 Å². The zero-order valence-corrected chi connectivity index (χ0v) is 33.4. The lowest BCUT2D eigenvalue weighted by atomic mass is 9.94. The molecule has 18 nitrogen and oxygen atoms in total. The number of aromatic nitrogens is 2. The van der Waals surface area contributed by atoms with E-state index < -0.39 is 47.5 Å². The normalized spacial score (nSPS) is 12.6. The quantitative estimate of drug-likeness (QED) is 0.0476. The Hall–Kier alpha value is -4.71. The summed E-state index contributed by atoms with van der Waals surface area (Å²) in [5.41, 5.74) is 6.32. The second-order valence-electron chi connectivity index (χ2n) is 14.1. The van der Waals surface area contributed by atoms with Gasteiger partial charge in [0.25, 0.3) is 0 Å². The van der Waals surface area contributed by atoms with Gasteiger partial charge in [-0.1, -0.05) is 45.4 Å². The predicted octanol–water partition coefficient (Wildman–Crippen LogP) is 2.38. The molecule has 0 aliphatic carbocycles. The molecule has 0 spiro atoms. The molecule has 0 saturated carbocycles. The summed E-state index contributed by atoms with van der Waals surface area (Å²) in [6.45, 7) is 2.84. The number of carbonyl (C=O) groups excluding carboxylic acids is 6. The Morgan fingerprint density at radius 2 is 1.37 bits per heavy atom. The maximum atomic E-state index is 12.4. The molecular weight excluding hydrogens is 744 g/mol. The number of ether oxygens (including phenoxy) is 2. The average molecular weight is 809 g/mol. The molecule has 1 heterocycles. The highest BCUT2D eigenvalue weighted by atomic mass is 16.5. The highest BCUT2D eigenvalue weighted by Gasteiger charge is 2.25. The van der Waals surface area contributed by atoms with E-state index in [1.54, 1.807) is 6.20 Å². The zero-order chi connectivity index (χ0) is 42.3.